The number of hydrogen-bond donors (Lipinski definition) is 0. The second kappa shape index (κ2) is 11.5. The summed E-state index contributed by atoms with van der Waals surface area (Å²) in [6, 6.07) is 71.6. The second-order valence-corrected chi connectivity index (χ2v) is 14.0. The summed E-state index contributed by atoms with van der Waals surface area (Å²) in [5.41, 5.74) is 20.6. The monoisotopic (exact) mass is 658 g/mol. The molecule has 0 bridgehead atoms. The topological polar surface area (TPSA) is 6.48 Å². The lowest BCUT2D eigenvalue weighted by Gasteiger charge is -2.46. The molecule has 52 heavy (non-hydrogen) atoms. The van der Waals surface area contributed by atoms with Gasteiger partial charge in [0.05, 0.1) is 0 Å². The van der Waals surface area contributed by atoms with Crippen LogP contribution in [0, 0.1) is 0 Å². The summed E-state index contributed by atoms with van der Waals surface area (Å²) < 4.78 is 0. The van der Waals surface area contributed by atoms with E-state index in [2.05, 4.69) is 204 Å². The van der Waals surface area contributed by atoms with Crippen molar-refractivity contribution in [2.24, 2.45) is 0 Å². The summed E-state index contributed by atoms with van der Waals surface area (Å²) in [4.78, 5) is 4.99. The van der Waals surface area contributed by atoms with E-state index < -0.39 is 0 Å². The molecule has 0 unspecified atom stereocenters. The number of rotatable bonds is 4. The molecule has 0 saturated heterocycles. The molecule has 3 aliphatic rings. The van der Waals surface area contributed by atoms with Gasteiger partial charge in [0.15, 0.2) is 0 Å². The first-order chi connectivity index (χ1) is 25.8. The highest BCUT2D eigenvalue weighted by Gasteiger charge is 2.48. The first kappa shape index (κ1) is 29.2. The van der Waals surface area contributed by atoms with Crippen molar-refractivity contribution in [2.75, 3.05) is 9.80 Å². The molecule has 8 aromatic rings. The van der Waals surface area contributed by atoms with Gasteiger partial charge in [0.2, 0.25) is 13.4 Å². The van der Waals surface area contributed by atoms with Crippen LogP contribution in [0.25, 0.3) is 22.3 Å². The zero-order valence-electron chi connectivity index (χ0n) is 28.5. The van der Waals surface area contributed by atoms with Gasteiger partial charge < -0.3 is 9.80 Å². The minimum absolute atomic E-state index is 0.0764. The SMILES string of the molecule is c1ccc(-c2ccc3c(c2)B2c4cccc5c4B(c4cc(-c6ccccc6)ccc4N5c4ccccc4)c4cccc(c42)N3c2ccccc2)cc1. The van der Waals surface area contributed by atoms with E-state index in [1.54, 1.807) is 0 Å². The second-order valence-electron chi connectivity index (χ2n) is 14.0. The predicted octanol–water partition coefficient (Wildman–Crippen LogP) is 7.93. The molecule has 0 fully saturated rings. The fourth-order valence-electron chi connectivity index (χ4n) is 9.19. The van der Waals surface area contributed by atoms with Gasteiger partial charge in [-0.3, -0.25) is 0 Å². The Morgan fingerprint density at radius 2 is 0.654 bits per heavy atom. The van der Waals surface area contributed by atoms with E-state index in [1.807, 2.05) is 0 Å². The lowest BCUT2D eigenvalue weighted by Crippen LogP contribution is -2.78. The summed E-state index contributed by atoms with van der Waals surface area (Å²) in [7, 11) is 0. The van der Waals surface area contributed by atoms with Gasteiger partial charge in [-0.2, -0.15) is 0 Å². The molecule has 2 nitrogen and oxygen atoms in total. The van der Waals surface area contributed by atoms with Crippen molar-refractivity contribution in [3.63, 3.8) is 0 Å². The molecular formula is C48H32B2N2. The molecule has 8 aromatic carbocycles. The van der Waals surface area contributed by atoms with Gasteiger partial charge in [-0.1, -0.05) is 157 Å². The molecule has 240 valence electrons. The maximum atomic E-state index is 2.49. The number of anilines is 6. The Labute approximate surface area is 305 Å². The number of para-hydroxylation sites is 2. The molecule has 0 atom stereocenters. The minimum atomic E-state index is 0.0764. The lowest BCUT2D eigenvalue weighted by atomic mass is 9.19. The molecule has 0 amide bonds. The molecule has 3 aliphatic heterocycles. The fraction of sp³-hybridized carbons (Fsp3) is 0. The zero-order chi connectivity index (χ0) is 34.2. The highest BCUT2D eigenvalue weighted by atomic mass is 15.2. The van der Waals surface area contributed by atoms with Crippen LogP contribution in [0.3, 0.4) is 0 Å². The Balaban J connectivity index is 1.23. The van der Waals surface area contributed by atoms with Gasteiger partial charge in [-0.25, -0.2) is 0 Å². The van der Waals surface area contributed by atoms with Gasteiger partial charge in [0, 0.05) is 34.1 Å². The van der Waals surface area contributed by atoms with E-state index in [0.29, 0.717) is 0 Å². The Kier molecular flexibility index (Phi) is 6.47. The molecule has 0 aromatic heterocycles. The van der Waals surface area contributed by atoms with Gasteiger partial charge in [0.1, 0.15) is 0 Å². The molecule has 0 spiro atoms. The van der Waals surface area contributed by atoms with E-state index >= 15 is 0 Å². The largest absolute Gasteiger partial charge is 0.312 e. The highest BCUT2D eigenvalue weighted by molar-refractivity contribution is 7.13. The first-order valence-corrected chi connectivity index (χ1v) is 18.2. The van der Waals surface area contributed by atoms with Crippen LogP contribution < -0.4 is 42.6 Å². The summed E-state index contributed by atoms with van der Waals surface area (Å²) >= 11 is 0. The summed E-state index contributed by atoms with van der Waals surface area (Å²) in [6.07, 6.45) is 0. The molecule has 11 rings (SSSR count). The van der Waals surface area contributed by atoms with Gasteiger partial charge >= 0.3 is 0 Å². The first-order valence-electron chi connectivity index (χ1n) is 18.2. The van der Waals surface area contributed by atoms with Crippen LogP contribution in [-0.2, 0) is 0 Å². The van der Waals surface area contributed by atoms with Crippen molar-refractivity contribution < 1.29 is 0 Å². The van der Waals surface area contributed by atoms with Crippen molar-refractivity contribution in [1.29, 1.82) is 0 Å². The number of hydrogen-bond acceptors (Lipinski definition) is 2. The van der Waals surface area contributed by atoms with Crippen molar-refractivity contribution in [3.05, 3.63) is 194 Å². The third-order valence-electron chi connectivity index (χ3n) is 11.3. The van der Waals surface area contributed by atoms with Crippen LogP contribution in [0.15, 0.2) is 194 Å². The Bertz CT molecular complexity index is 2460. The Hall–Kier alpha value is -6.51. The molecular weight excluding hydrogens is 626 g/mol. The van der Waals surface area contributed by atoms with Crippen molar-refractivity contribution in [1.82, 2.24) is 0 Å². The minimum Gasteiger partial charge on any atom is -0.312 e. The molecule has 0 N–H and O–H groups in total. The molecule has 0 aliphatic carbocycles. The van der Waals surface area contributed by atoms with Crippen LogP contribution >= 0.6 is 0 Å². The fourth-order valence-corrected chi connectivity index (χ4v) is 9.19. The van der Waals surface area contributed by atoms with Crippen LogP contribution in [0.4, 0.5) is 34.1 Å². The van der Waals surface area contributed by atoms with Crippen LogP contribution in [0.1, 0.15) is 0 Å². The van der Waals surface area contributed by atoms with E-state index in [-0.39, 0.29) is 13.4 Å². The number of nitrogens with zero attached hydrogens (tertiary/aromatic N) is 2. The quantitative estimate of drug-likeness (QED) is 0.177. The van der Waals surface area contributed by atoms with E-state index in [0.717, 1.165) is 0 Å². The van der Waals surface area contributed by atoms with Crippen molar-refractivity contribution >= 4 is 80.3 Å². The third kappa shape index (κ3) is 4.28. The third-order valence-corrected chi connectivity index (χ3v) is 11.3. The van der Waals surface area contributed by atoms with Crippen LogP contribution in [-0.4, -0.2) is 13.4 Å². The normalized spacial score (nSPS) is 13.2. The van der Waals surface area contributed by atoms with Gasteiger partial charge in [-0.15, -0.1) is 0 Å². The van der Waals surface area contributed by atoms with E-state index in [1.165, 1.54) is 89.2 Å². The molecule has 3 heterocycles. The Morgan fingerprint density at radius 3 is 1.06 bits per heavy atom. The molecule has 0 radical (unpaired) electrons. The number of benzene rings is 8. The van der Waals surface area contributed by atoms with E-state index in [4.69, 9.17) is 0 Å². The maximum absolute atomic E-state index is 2.49. The van der Waals surface area contributed by atoms with E-state index in [9.17, 15) is 0 Å². The van der Waals surface area contributed by atoms with Gasteiger partial charge in [-0.05, 0) is 92.6 Å². The molecule has 4 heteroatoms. The predicted molar refractivity (Wildman–Crippen MR) is 222 cm³/mol. The van der Waals surface area contributed by atoms with Crippen molar-refractivity contribution in [2.45, 2.75) is 0 Å². The standard InChI is InChI=1S/C48H32B2N2/c1-5-15-33(16-6-1)35-27-29-43-41(31-35)49-39-23-13-26-46-48(39)50(40-24-14-25-45(47(40)49)51(43)37-19-9-3-10-20-37)42-32-36(34-17-7-2-8-18-34)28-30-44(42)52(46)38-21-11-4-12-22-38/h1-32H. The van der Waals surface area contributed by atoms with Crippen LogP contribution in [0.2, 0.25) is 0 Å². The van der Waals surface area contributed by atoms with Gasteiger partial charge in [0.25, 0.3) is 0 Å². The lowest BCUT2D eigenvalue weighted by molar-refractivity contribution is 1.29. The smallest absolute Gasteiger partial charge is 0.245 e. The summed E-state index contributed by atoms with van der Waals surface area (Å²) in [5.74, 6) is 0. The van der Waals surface area contributed by atoms with Crippen LogP contribution in [0.5, 0.6) is 0 Å². The zero-order valence-corrected chi connectivity index (χ0v) is 28.5. The summed E-state index contributed by atoms with van der Waals surface area (Å²) in [5, 5.41) is 0. The average Bonchev–Trinajstić information content (AvgIpc) is 3.22. The molecule has 0 saturated carbocycles. The Morgan fingerprint density at radius 1 is 0.269 bits per heavy atom. The highest BCUT2D eigenvalue weighted by Crippen LogP contribution is 2.40. The van der Waals surface area contributed by atoms with Crippen molar-refractivity contribution in [3.8, 4) is 22.3 Å². The maximum Gasteiger partial charge on any atom is 0.245 e. The average molecular weight is 658 g/mol. The number of fused-ring (bicyclic) bond motifs is 6. The summed E-state index contributed by atoms with van der Waals surface area (Å²) in [6.45, 7) is 0.153.